The standard InChI is InChI=1S/C23H24N4O3/c1-16-13-18(14-25-26-22(28)15-24-19-9-5-4-6-10-19)17(2)27(16)21-12-8-7-11-20(21)23(29)30-3/h4-14,24H,15H2,1-3H3,(H,26,28)/b25-14-. The van der Waals surface area contributed by atoms with Gasteiger partial charge in [0.1, 0.15) is 0 Å². The summed E-state index contributed by atoms with van der Waals surface area (Å²) in [5.41, 5.74) is 7.26. The maximum Gasteiger partial charge on any atom is 0.339 e. The Bertz CT molecular complexity index is 1070. The number of carbonyl (C=O) groups is 2. The molecule has 0 spiro atoms. The Balaban J connectivity index is 1.72. The Labute approximate surface area is 175 Å². The molecule has 0 aliphatic heterocycles. The number of anilines is 1. The molecule has 3 rings (SSSR count). The monoisotopic (exact) mass is 404 g/mol. The van der Waals surface area contributed by atoms with E-state index in [9.17, 15) is 9.59 Å². The minimum atomic E-state index is -0.397. The highest BCUT2D eigenvalue weighted by atomic mass is 16.5. The first-order valence-corrected chi connectivity index (χ1v) is 9.48. The van der Waals surface area contributed by atoms with Crippen LogP contribution in [0.3, 0.4) is 0 Å². The third kappa shape index (κ3) is 4.75. The summed E-state index contributed by atoms with van der Waals surface area (Å²) in [7, 11) is 1.36. The van der Waals surface area contributed by atoms with E-state index in [1.54, 1.807) is 18.3 Å². The fourth-order valence-corrected chi connectivity index (χ4v) is 3.19. The summed E-state index contributed by atoms with van der Waals surface area (Å²) in [6, 6.07) is 18.7. The minimum Gasteiger partial charge on any atom is -0.465 e. The van der Waals surface area contributed by atoms with Crippen LogP contribution >= 0.6 is 0 Å². The number of benzene rings is 2. The van der Waals surface area contributed by atoms with Gasteiger partial charge in [-0.15, -0.1) is 0 Å². The van der Waals surface area contributed by atoms with E-state index in [2.05, 4.69) is 15.8 Å². The van der Waals surface area contributed by atoms with Gasteiger partial charge in [0.15, 0.2) is 0 Å². The van der Waals surface area contributed by atoms with Crippen molar-refractivity contribution >= 4 is 23.8 Å². The number of aromatic nitrogens is 1. The molecule has 1 aromatic heterocycles. The number of hydrazone groups is 1. The highest BCUT2D eigenvalue weighted by molar-refractivity contribution is 5.94. The number of hydrogen-bond donors (Lipinski definition) is 2. The lowest BCUT2D eigenvalue weighted by atomic mass is 10.1. The zero-order chi connectivity index (χ0) is 21.5. The largest absolute Gasteiger partial charge is 0.465 e. The van der Waals surface area contributed by atoms with Gasteiger partial charge in [-0.25, -0.2) is 10.2 Å². The van der Waals surface area contributed by atoms with E-state index in [1.165, 1.54) is 7.11 Å². The molecule has 2 N–H and O–H groups in total. The lowest BCUT2D eigenvalue weighted by molar-refractivity contribution is -0.119. The van der Waals surface area contributed by atoms with Gasteiger partial charge in [-0.1, -0.05) is 30.3 Å². The van der Waals surface area contributed by atoms with Crippen LogP contribution in [0.15, 0.2) is 65.8 Å². The van der Waals surface area contributed by atoms with Gasteiger partial charge in [0.25, 0.3) is 5.91 Å². The Morgan fingerprint density at radius 3 is 2.50 bits per heavy atom. The second kappa shape index (κ2) is 9.56. The summed E-state index contributed by atoms with van der Waals surface area (Å²) < 4.78 is 6.86. The van der Waals surface area contributed by atoms with Crippen molar-refractivity contribution in [2.45, 2.75) is 13.8 Å². The zero-order valence-electron chi connectivity index (χ0n) is 17.2. The number of carbonyl (C=O) groups excluding carboxylic acids is 2. The van der Waals surface area contributed by atoms with Gasteiger partial charge in [0.05, 0.1) is 31.1 Å². The van der Waals surface area contributed by atoms with E-state index in [0.717, 1.165) is 28.3 Å². The molecule has 3 aromatic rings. The molecule has 0 saturated heterocycles. The lowest BCUT2D eigenvalue weighted by Gasteiger charge is -2.13. The molecule has 0 unspecified atom stereocenters. The number of rotatable bonds is 7. The van der Waals surface area contributed by atoms with Crippen LogP contribution in [-0.2, 0) is 9.53 Å². The van der Waals surface area contributed by atoms with Crippen LogP contribution in [-0.4, -0.2) is 36.3 Å². The number of esters is 1. The fraction of sp³-hybridized carbons (Fsp3) is 0.174. The van der Waals surface area contributed by atoms with Crippen molar-refractivity contribution in [2.75, 3.05) is 19.0 Å². The van der Waals surface area contributed by atoms with Crippen molar-refractivity contribution in [3.8, 4) is 5.69 Å². The topological polar surface area (TPSA) is 84.7 Å². The lowest BCUT2D eigenvalue weighted by Crippen LogP contribution is -2.25. The molecular formula is C23H24N4O3. The summed E-state index contributed by atoms with van der Waals surface area (Å²) >= 11 is 0. The Morgan fingerprint density at radius 2 is 1.77 bits per heavy atom. The highest BCUT2D eigenvalue weighted by Gasteiger charge is 2.16. The predicted octanol–water partition coefficient (Wildman–Crippen LogP) is 3.44. The average Bonchev–Trinajstić information content (AvgIpc) is 3.05. The van der Waals surface area contributed by atoms with Crippen LogP contribution in [0.5, 0.6) is 0 Å². The second-order valence-electron chi connectivity index (χ2n) is 6.68. The van der Waals surface area contributed by atoms with E-state index in [0.29, 0.717) is 5.56 Å². The second-order valence-corrected chi connectivity index (χ2v) is 6.68. The van der Waals surface area contributed by atoms with E-state index < -0.39 is 5.97 Å². The van der Waals surface area contributed by atoms with Crippen LogP contribution in [0.1, 0.15) is 27.3 Å². The van der Waals surface area contributed by atoms with Crippen LogP contribution in [0.4, 0.5) is 5.69 Å². The number of aryl methyl sites for hydroxylation is 1. The first kappa shape index (κ1) is 20.9. The molecule has 7 heteroatoms. The van der Waals surface area contributed by atoms with E-state index in [1.807, 2.05) is 66.9 Å². The fourth-order valence-electron chi connectivity index (χ4n) is 3.19. The predicted molar refractivity (Wildman–Crippen MR) is 117 cm³/mol. The maximum atomic E-state index is 12.1. The first-order chi connectivity index (χ1) is 14.5. The molecule has 0 aliphatic rings. The molecule has 1 amide bonds. The first-order valence-electron chi connectivity index (χ1n) is 9.48. The maximum absolute atomic E-state index is 12.1. The van der Waals surface area contributed by atoms with Crippen molar-refractivity contribution < 1.29 is 14.3 Å². The van der Waals surface area contributed by atoms with Crippen LogP contribution in [0.2, 0.25) is 0 Å². The van der Waals surface area contributed by atoms with E-state index >= 15 is 0 Å². The number of methoxy groups -OCH3 is 1. The Morgan fingerprint density at radius 1 is 1.07 bits per heavy atom. The molecular weight excluding hydrogens is 380 g/mol. The number of ether oxygens (including phenoxy) is 1. The molecule has 154 valence electrons. The molecule has 0 fully saturated rings. The number of hydrogen-bond acceptors (Lipinski definition) is 5. The quantitative estimate of drug-likeness (QED) is 0.359. The van der Waals surface area contributed by atoms with Crippen LogP contribution < -0.4 is 10.7 Å². The SMILES string of the molecule is COC(=O)c1ccccc1-n1c(C)cc(/C=N\NC(=O)CNc2ccccc2)c1C. The van der Waals surface area contributed by atoms with Crippen molar-refractivity contribution in [3.05, 3.63) is 83.2 Å². The highest BCUT2D eigenvalue weighted by Crippen LogP contribution is 2.23. The summed E-state index contributed by atoms with van der Waals surface area (Å²) in [4.78, 5) is 24.1. The third-order valence-corrected chi connectivity index (χ3v) is 4.64. The zero-order valence-corrected chi connectivity index (χ0v) is 17.2. The van der Waals surface area contributed by atoms with Gasteiger partial charge in [0, 0.05) is 22.6 Å². The normalized spacial score (nSPS) is 10.8. The summed E-state index contributed by atoms with van der Waals surface area (Å²) in [5, 5.41) is 7.09. The summed E-state index contributed by atoms with van der Waals surface area (Å²) in [6.45, 7) is 3.99. The Hall–Kier alpha value is -3.87. The van der Waals surface area contributed by atoms with Gasteiger partial charge in [-0.2, -0.15) is 5.10 Å². The van der Waals surface area contributed by atoms with Gasteiger partial charge in [-0.05, 0) is 44.2 Å². The van der Waals surface area contributed by atoms with Gasteiger partial charge >= 0.3 is 5.97 Å². The van der Waals surface area contributed by atoms with E-state index in [4.69, 9.17) is 4.74 Å². The van der Waals surface area contributed by atoms with Crippen molar-refractivity contribution in [2.24, 2.45) is 5.10 Å². The number of nitrogens with zero attached hydrogens (tertiary/aromatic N) is 2. The van der Waals surface area contributed by atoms with Gasteiger partial charge in [-0.3, -0.25) is 4.79 Å². The van der Waals surface area contributed by atoms with Crippen LogP contribution in [0.25, 0.3) is 5.69 Å². The molecule has 2 aromatic carbocycles. The summed E-state index contributed by atoms with van der Waals surface area (Å²) in [5.74, 6) is -0.647. The van der Waals surface area contributed by atoms with Crippen molar-refractivity contribution in [1.29, 1.82) is 0 Å². The molecule has 0 radical (unpaired) electrons. The molecule has 0 bridgehead atoms. The van der Waals surface area contributed by atoms with Gasteiger partial charge < -0.3 is 14.6 Å². The van der Waals surface area contributed by atoms with E-state index in [-0.39, 0.29) is 12.5 Å². The number of nitrogens with one attached hydrogen (secondary N) is 2. The van der Waals surface area contributed by atoms with Crippen LogP contribution in [0, 0.1) is 13.8 Å². The number of para-hydroxylation sites is 2. The Kier molecular flexibility index (Phi) is 6.64. The minimum absolute atomic E-state index is 0.118. The smallest absolute Gasteiger partial charge is 0.339 e. The molecule has 30 heavy (non-hydrogen) atoms. The molecule has 7 nitrogen and oxygen atoms in total. The van der Waals surface area contributed by atoms with Crippen molar-refractivity contribution in [1.82, 2.24) is 9.99 Å². The molecule has 1 heterocycles. The average molecular weight is 404 g/mol. The molecule has 0 aliphatic carbocycles. The van der Waals surface area contributed by atoms with Crippen molar-refractivity contribution in [3.63, 3.8) is 0 Å². The number of amides is 1. The third-order valence-electron chi connectivity index (χ3n) is 4.64. The molecule has 0 atom stereocenters. The molecule has 0 saturated carbocycles. The van der Waals surface area contributed by atoms with Gasteiger partial charge in [0.2, 0.25) is 0 Å². The summed E-state index contributed by atoms with van der Waals surface area (Å²) in [6.07, 6.45) is 1.60.